The Balaban J connectivity index is 1.99. The Morgan fingerprint density at radius 3 is 2.84 bits per heavy atom. The van der Waals surface area contributed by atoms with Crippen LogP contribution in [0.25, 0.3) is 0 Å². The number of hydrogen-bond acceptors (Lipinski definition) is 5. The lowest BCUT2D eigenvalue weighted by Gasteiger charge is -2.31. The summed E-state index contributed by atoms with van der Waals surface area (Å²) in [4.78, 5) is 2.39. The monoisotopic (exact) mass is 281 g/mol. The molecule has 19 heavy (non-hydrogen) atoms. The zero-order chi connectivity index (χ0) is 13.5. The van der Waals surface area contributed by atoms with Gasteiger partial charge in [0, 0.05) is 32.2 Å². The van der Waals surface area contributed by atoms with Gasteiger partial charge in [-0.25, -0.2) is 0 Å². The standard InChI is InChI=1S/C14H23N3OS/c1-12(16-19-2)11-18-14-6-4-3-5-13(14)17-9-7-15-8-10-17/h3-6,12,15-16H,7-11H2,1-2H3. The minimum absolute atomic E-state index is 0.339. The molecule has 0 saturated carbocycles. The first-order chi connectivity index (χ1) is 9.31. The lowest BCUT2D eigenvalue weighted by molar-refractivity contribution is 0.290. The van der Waals surface area contributed by atoms with Crippen molar-refractivity contribution in [2.45, 2.75) is 13.0 Å². The molecule has 2 rings (SSSR count). The van der Waals surface area contributed by atoms with Crippen LogP contribution in [-0.4, -0.2) is 45.1 Å². The third-order valence-corrected chi connectivity index (χ3v) is 3.77. The Bertz CT molecular complexity index is 383. The van der Waals surface area contributed by atoms with Gasteiger partial charge in [-0.2, -0.15) is 0 Å². The van der Waals surface area contributed by atoms with Crippen LogP contribution in [0.5, 0.6) is 5.75 Å². The molecule has 2 N–H and O–H groups in total. The van der Waals surface area contributed by atoms with Gasteiger partial charge >= 0.3 is 0 Å². The fourth-order valence-corrected chi connectivity index (χ4v) is 2.67. The molecule has 0 amide bonds. The van der Waals surface area contributed by atoms with Crippen molar-refractivity contribution in [3.63, 3.8) is 0 Å². The number of piperazine rings is 1. The van der Waals surface area contributed by atoms with Crippen LogP contribution in [0.15, 0.2) is 24.3 Å². The van der Waals surface area contributed by atoms with E-state index in [0.29, 0.717) is 12.6 Å². The quantitative estimate of drug-likeness (QED) is 0.777. The third-order valence-electron chi connectivity index (χ3n) is 3.13. The molecule has 5 heteroatoms. The zero-order valence-corrected chi connectivity index (χ0v) is 12.5. The Labute approximate surface area is 120 Å². The summed E-state index contributed by atoms with van der Waals surface area (Å²) < 4.78 is 9.25. The maximum absolute atomic E-state index is 5.97. The highest BCUT2D eigenvalue weighted by Crippen LogP contribution is 2.28. The first kappa shape index (κ1) is 14.5. The van der Waals surface area contributed by atoms with Gasteiger partial charge in [0.1, 0.15) is 12.4 Å². The molecule has 1 unspecified atom stereocenters. The predicted octanol–water partition coefficient (Wildman–Crippen LogP) is 1.73. The van der Waals surface area contributed by atoms with Crippen LogP contribution in [0.3, 0.4) is 0 Å². The second kappa shape index (κ2) is 7.62. The summed E-state index contributed by atoms with van der Waals surface area (Å²) in [6, 6.07) is 8.66. The van der Waals surface area contributed by atoms with Gasteiger partial charge in [-0.3, -0.25) is 4.72 Å². The third kappa shape index (κ3) is 4.30. The molecule has 1 fully saturated rings. The molecule has 1 aliphatic heterocycles. The van der Waals surface area contributed by atoms with Crippen molar-refractivity contribution in [3.05, 3.63) is 24.3 Å². The van der Waals surface area contributed by atoms with Crippen LogP contribution in [0, 0.1) is 0 Å². The summed E-state index contributed by atoms with van der Waals surface area (Å²) >= 11 is 1.63. The van der Waals surface area contributed by atoms with Crippen molar-refractivity contribution in [2.24, 2.45) is 0 Å². The molecule has 1 saturated heterocycles. The van der Waals surface area contributed by atoms with E-state index in [4.69, 9.17) is 4.74 Å². The van der Waals surface area contributed by atoms with E-state index in [0.717, 1.165) is 31.9 Å². The zero-order valence-electron chi connectivity index (χ0n) is 11.7. The van der Waals surface area contributed by atoms with Crippen LogP contribution >= 0.6 is 11.9 Å². The average molecular weight is 281 g/mol. The minimum atomic E-state index is 0.339. The predicted molar refractivity (Wildman–Crippen MR) is 83.1 cm³/mol. The van der Waals surface area contributed by atoms with Crippen molar-refractivity contribution in [1.82, 2.24) is 10.0 Å². The summed E-state index contributed by atoms with van der Waals surface area (Å²) in [5.41, 5.74) is 1.21. The number of rotatable bonds is 6. The van der Waals surface area contributed by atoms with Crippen molar-refractivity contribution in [1.29, 1.82) is 0 Å². The maximum atomic E-state index is 5.97. The lowest BCUT2D eigenvalue weighted by Crippen LogP contribution is -2.43. The number of ether oxygens (including phenoxy) is 1. The normalized spacial score (nSPS) is 17.3. The highest BCUT2D eigenvalue weighted by atomic mass is 32.2. The summed E-state index contributed by atoms with van der Waals surface area (Å²) in [6.07, 6.45) is 2.03. The molecule has 106 valence electrons. The second-order valence-electron chi connectivity index (χ2n) is 4.74. The molecule has 4 nitrogen and oxygen atoms in total. The molecule has 1 heterocycles. The van der Waals surface area contributed by atoms with Crippen molar-refractivity contribution < 1.29 is 4.74 Å². The smallest absolute Gasteiger partial charge is 0.142 e. The molecule has 0 radical (unpaired) electrons. The Kier molecular flexibility index (Phi) is 5.82. The van der Waals surface area contributed by atoms with Crippen LogP contribution < -0.4 is 19.7 Å². The molecular formula is C14H23N3OS. The van der Waals surface area contributed by atoms with E-state index < -0.39 is 0 Å². The van der Waals surface area contributed by atoms with E-state index >= 15 is 0 Å². The molecule has 0 bridgehead atoms. The van der Waals surface area contributed by atoms with E-state index in [-0.39, 0.29) is 0 Å². The molecule has 0 aromatic heterocycles. The van der Waals surface area contributed by atoms with Crippen molar-refractivity contribution in [2.75, 3.05) is 43.9 Å². The Hall–Kier alpha value is -0.910. The van der Waals surface area contributed by atoms with E-state index in [2.05, 4.69) is 40.1 Å². The summed E-state index contributed by atoms with van der Waals surface area (Å²) in [5.74, 6) is 0.985. The van der Waals surface area contributed by atoms with E-state index in [1.165, 1.54) is 5.69 Å². The molecule has 0 spiro atoms. The van der Waals surface area contributed by atoms with Crippen LogP contribution in [-0.2, 0) is 0 Å². The molecular weight excluding hydrogens is 258 g/mol. The molecule has 1 aromatic carbocycles. The van der Waals surface area contributed by atoms with E-state index in [1.807, 2.05) is 12.3 Å². The van der Waals surface area contributed by atoms with Gasteiger partial charge in [0.25, 0.3) is 0 Å². The van der Waals surface area contributed by atoms with Gasteiger partial charge in [0.05, 0.1) is 5.69 Å². The van der Waals surface area contributed by atoms with Crippen LogP contribution in [0.2, 0.25) is 0 Å². The van der Waals surface area contributed by atoms with E-state index in [1.54, 1.807) is 11.9 Å². The maximum Gasteiger partial charge on any atom is 0.142 e. The first-order valence-electron chi connectivity index (χ1n) is 6.77. The molecule has 1 atom stereocenters. The molecule has 1 aromatic rings. The number of nitrogens with zero attached hydrogens (tertiary/aromatic N) is 1. The van der Waals surface area contributed by atoms with Crippen LogP contribution in [0.1, 0.15) is 6.92 Å². The number of para-hydroxylation sites is 2. The molecule has 0 aliphatic carbocycles. The Morgan fingerprint density at radius 2 is 2.11 bits per heavy atom. The molecule has 1 aliphatic rings. The topological polar surface area (TPSA) is 36.5 Å². The lowest BCUT2D eigenvalue weighted by atomic mass is 10.2. The van der Waals surface area contributed by atoms with Crippen LogP contribution in [0.4, 0.5) is 5.69 Å². The van der Waals surface area contributed by atoms with Gasteiger partial charge in [-0.1, -0.05) is 24.1 Å². The number of hydrogen-bond donors (Lipinski definition) is 2. The van der Waals surface area contributed by atoms with Crippen molar-refractivity contribution >= 4 is 17.6 Å². The summed E-state index contributed by atoms with van der Waals surface area (Å²) in [5, 5.41) is 3.38. The average Bonchev–Trinajstić information content (AvgIpc) is 2.47. The second-order valence-corrected chi connectivity index (χ2v) is 5.38. The van der Waals surface area contributed by atoms with Gasteiger partial charge < -0.3 is 15.0 Å². The number of anilines is 1. The highest BCUT2D eigenvalue weighted by Gasteiger charge is 2.14. The number of nitrogens with one attached hydrogen (secondary N) is 2. The van der Waals surface area contributed by atoms with E-state index in [9.17, 15) is 0 Å². The SMILES string of the molecule is CSNC(C)COc1ccccc1N1CCNCC1. The largest absolute Gasteiger partial charge is 0.490 e. The summed E-state index contributed by atoms with van der Waals surface area (Å²) in [6.45, 7) is 6.98. The fourth-order valence-electron chi connectivity index (χ4n) is 2.20. The van der Waals surface area contributed by atoms with Crippen molar-refractivity contribution in [3.8, 4) is 5.75 Å². The fraction of sp³-hybridized carbons (Fsp3) is 0.571. The van der Waals surface area contributed by atoms with Gasteiger partial charge in [-0.05, 0) is 25.3 Å². The van der Waals surface area contributed by atoms with Gasteiger partial charge in [-0.15, -0.1) is 0 Å². The Morgan fingerprint density at radius 1 is 1.37 bits per heavy atom. The van der Waals surface area contributed by atoms with Gasteiger partial charge in [0.15, 0.2) is 0 Å². The highest BCUT2D eigenvalue weighted by molar-refractivity contribution is 7.96. The number of benzene rings is 1. The summed E-state index contributed by atoms with van der Waals surface area (Å²) in [7, 11) is 0. The minimum Gasteiger partial charge on any atom is -0.490 e. The van der Waals surface area contributed by atoms with Gasteiger partial charge in [0.2, 0.25) is 0 Å². The first-order valence-corrected chi connectivity index (χ1v) is 7.99.